The number of anilines is 1. The van der Waals surface area contributed by atoms with E-state index in [0.717, 1.165) is 35.3 Å². The first kappa shape index (κ1) is 19.3. The lowest BCUT2D eigenvalue weighted by atomic mass is 9.96. The number of aliphatic hydroxyl groups excluding tert-OH is 1. The Hall–Kier alpha value is -3.06. The van der Waals surface area contributed by atoms with E-state index in [4.69, 9.17) is 9.15 Å². The van der Waals surface area contributed by atoms with Gasteiger partial charge in [-0.2, -0.15) is 4.98 Å². The molecule has 7 nitrogen and oxygen atoms in total. The van der Waals surface area contributed by atoms with Gasteiger partial charge in [0, 0.05) is 25.6 Å². The smallest absolute Gasteiger partial charge is 0.298 e. The van der Waals surface area contributed by atoms with Crippen LogP contribution in [0.3, 0.4) is 0 Å². The molecule has 1 unspecified atom stereocenters. The molecule has 152 valence electrons. The van der Waals surface area contributed by atoms with Gasteiger partial charge in [0.25, 0.3) is 6.01 Å². The number of ether oxygens (including phenoxy) is 1. The molecule has 29 heavy (non-hydrogen) atoms. The van der Waals surface area contributed by atoms with E-state index in [1.54, 1.807) is 31.4 Å². The van der Waals surface area contributed by atoms with E-state index in [2.05, 4.69) is 15.2 Å². The number of nitrogens with one attached hydrogen (secondary N) is 1. The summed E-state index contributed by atoms with van der Waals surface area (Å²) in [5, 5.41) is 13.2. The van der Waals surface area contributed by atoms with Crippen molar-refractivity contribution in [2.75, 3.05) is 31.6 Å². The van der Waals surface area contributed by atoms with Crippen molar-refractivity contribution in [3.05, 3.63) is 54.1 Å². The van der Waals surface area contributed by atoms with E-state index in [9.17, 15) is 9.90 Å². The number of piperidine rings is 1. The van der Waals surface area contributed by atoms with E-state index < -0.39 is 6.10 Å². The third kappa shape index (κ3) is 4.35. The van der Waals surface area contributed by atoms with E-state index in [-0.39, 0.29) is 18.4 Å². The van der Waals surface area contributed by atoms with Crippen LogP contribution in [0.1, 0.15) is 24.5 Å². The van der Waals surface area contributed by atoms with E-state index >= 15 is 0 Å². The number of methoxy groups -OCH3 is 1. The van der Waals surface area contributed by atoms with Gasteiger partial charge in [-0.25, -0.2) is 0 Å². The second-order valence-electron chi connectivity index (χ2n) is 7.26. The van der Waals surface area contributed by atoms with Crippen LogP contribution in [0, 0.1) is 5.92 Å². The van der Waals surface area contributed by atoms with Crippen molar-refractivity contribution in [2.45, 2.75) is 18.9 Å². The molecule has 4 rings (SSSR count). The number of fused-ring (bicyclic) bond motifs is 1. The topological polar surface area (TPSA) is 87.8 Å². The Morgan fingerprint density at radius 2 is 1.97 bits per heavy atom. The summed E-state index contributed by atoms with van der Waals surface area (Å²) in [6, 6.07) is 15.5. The highest BCUT2D eigenvalue weighted by Crippen LogP contribution is 2.26. The average molecular weight is 395 g/mol. The standard InChI is InChI=1S/C22H25N3O4/c1-28-17-8-6-15(7-9-17)19(26)14-23-21(27)16-10-12-25(13-11-16)22-24-18-4-2-3-5-20(18)29-22/h2-9,16,19,26H,10-14H2,1H3,(H,23,27). The Bertz CT molecular complexity index is 929. The molecule has 1 aliphatic rings. The summed E-state index contributed by atoms with van der Waals surface area (Å²) < 4.78 is 10.9. The summed E-state index contributed by atoms with van der Waals surface area (Å²) in [6.07, 6.45) is 0.705. The zero-order valence-electron chi connectivity index (χ0n) is 16.4. The first-order chi connectivity index (χ1) is 14.1. The first-order valence-electron chi connectivity index (χ1n) is 9.84. The Morgan fingerprint density at radius 1 is 1.24 bits per heavy atom. The summed E-state index contributed by atoms with van der Waals surface area (Å²) in [7, 11) is 1.60. The van der Waals surface area contributed by atoms with Gasteiger partial charge in [0.15, 0.2) is 5.58 Å². The van der Waals surface area contributed by atoms with Crippen molar-refractivity contribution in [2.24, 2.45) is 5.92 Å². The monoisotopic (exact) mass is 395 g/mol. The molecular weight excluding hydrogens is 370 g/mol. The molecule has 1 saturated heterocycles. The lowest BCUT2D eigenvalue weighted by Gasteiger charge is -2.30. The van der Waals surface area contributed by atoms with Gasteiger partial charge < -0.3 is 24.5 Å². The number of carbonyl (C=O) groups is 1. The second-order valence-corrected chi connectivity index (χ2v) is 7.26. The molecule has 2 N–H and O–H groups in total. The molecule has 0 spiro atoms. The molecule has 3 aromatic rings. The van der Waals surface area contributed by atoms with Gasteiger partial charge in [0.2, 0.25) is 5.91 Å². The van der Waals surface area contributed by atoms with Crippen LogP contribution in [0.5, 0.6) is 5.75 Å². The zero-order valence-corrected chi connectivity index (χ0v) is 16.4. The molecule has 1 aromatic heterocycles. The van der Waals surface area contributed by atoms with Crippen LogP contribution in [0.2, 0.25) is 0 Å². The average Bonchev–Trinajstić information content (AvgIpc) is 3.22. The largest absolute Gasteiger partial charge is 0.497 e. The number of aliphatic hydroxyl groups is 1. The number of para-hydroxylation sites is 2. The van der Waals surface area contributed by atoms with Gasteiger partial charge in [0.1, 0.15) is 11.3 Å². The number of aromatic nitrogens is 1. The summed E-state index contributed by atoms with van der Waals surface area (Å²) in [5.74, 6) is 0.643. The van der Waals surface area contributed by atoms with Gasteiger partial charge in [-0.05, 0) is 42.7 Å². The van der Waals surface area contributed by atoms with Crippen molar-refractivity contribution < 1.29 is 19.1 Å². The van der Waals surface area contributed by atoms with Crippen LogP contribution < -0.4 is 15.0 Å². The van der Waals surface area contributed by atoms with Crippen molar-refractivity contribution in [1.29, 1.82) is 0 Å². The highest BCUT2D eigenvalue weighted by atomic mass is 16.5. The fraction of sp³-hybridized carbons (Fsp3) is 0.364. The SMILES string of the molecule is COc1ccc(C(O)CNC(=O)C2CCN(c3nc4ccccc4o3)CC2)cc1. The van der Waals surface area contributed by atoms with Gasteiger partial charge >= 0.3 is 0 Å². The lowest BCUT2D eigenvalue weighted by Crippen LogP contribution is -2.41. The number of rotatable bonds is 6. The molecule has 0 radical (unpaired) electrons. The molecule has 1 fully saturated rings. The summed E-state index contributed by atoms with van der Waals surface area (Å²) >= 11 is 0. The zero-order chi connectivity index (χ0) is 20.2. The Balaban J connectivity index is 1.27. The van der Waals surface area contributed by atoms with E-state index in [0.29, 0.717) is 19.1 Å². The van der Waals surface area contributed by atoms with Crippen LogP contribution in [-0.4, -0.2) is 42.7 Å². The second kappa shape index (κ2) is 8.53. The van der Waals surface area contributed by atoms with Crippen LogP contribution in [0.15, 0.2) is 52.9 Å². The summed E-state index contributed by atoms with van der Waals surface area (Å²) in [5.41, 5.74) is 2.36. The highest BCUT2D eigenvalue weighted by molar-refractivity contribution is 5.79. The number of hydrogen-bond donors (Lipinski definition) is 2. The van der Waals surface area contributed by atoms with Crippen molar-refractivity contribution >= 4 is 23.0 Å². The molecule has 0 saturated carbocycles. The summed E-state index contributed by atoms with van der Waals surface area (Å²) in [6.45, 7) is 1.62. The Kier molecular flexibility index (Phi) is 5.67. The predicted octanol–water partition coefficient (Wildman–Crippen LogP) is 2.90. The number of carbonyl (C=O) groups excluding carboxylic acids is 1. The minimum absolute atomic E-state index is 0.0187. The van der Waals surface area contributed by atoms with Crippen LogP contribution in [0.25, 0.3) is 11.1 Å². The van der Waals surface area contributed by atoms with Gasteiger partial charge in [-0.1, -0.05) is 24.3 Å². The molecule has 1 aliphatic heterocycles. The van der Waals surface area contributed by atoms with Gasteiger partial charge in [-0.3, -0.25) is 4.79 Å². The van der Waals surface area contributed by atoms with E-state index in [1.165, 1.54) is 0 Å². The molecule has 0 bridgehead atoms. The number of hydrogen-bond acceptors (Lipinski definition) is 6. The first-order valence-corrected chi connectivity index (χ1v) is 9.84. The molecule has 1 amide bonds. The van der Waals surface area contributed by atoms with E-state index in [1.807, 2.05) is 24.3 Å². The Labute approximate surface area is 169 Å². The maximum Gasteiger partial charge on any atom is 0.298 e. The minimum atomic E-state index is -0.746. The van der Waals surface area contributed by atoms with Crippen LogP contribution >= 0.6 is 0 Å². The van der Waals surface area contributed by atoms with Crippen molar-refractivity contribution in [1.82, 2.24) is 10.3 Å². The third-order valence-corrected chi connectivity index (χ3v) is 5.39. The maximum atomic E-state index is 12.5. The normalized spacial score (nSPS) is 16.0. The molecule has 1 atom stereocenters. The quantitative estimate of drug-likeness (QED) is 0.667. The Morgan fingerprint density at radius 3 is 2.66 bits per heavy atom. The maximum absolute atomic E-state index is 12.5. The van der Waals surface area contributed by atoms with Gasteiger partial charge in [0.05, 0.1) is 13.2 Å². The number of amides is 1. The lowest BCUT2D eigenvalue weighted by molar-refractivity contribution is -0.126. The molecule has 2 heterocycles. The molecular formula is C22H25N3O4. The van der Waals surface area contributed by atoms with Crippen LogP contribution in [-0.2, 0) is 4.79 Å². The fourth-order valence-electron chi connectivity index (χ4n) is 3.61. The predicted molar refractivity (Wildman–Crippen MR) is 110 cm³/mol. The number of benzene rings is 2. The molecule has 7 heteroatoms. The minimum Gasteiger partial charge on any atom is -0.497 e. The van der Waals surface area contributed by atoms with Crippen molar-refractivity contribution in [3.63, 3.8) is 0 Å². The molecule has 0 aliphatic carbocycles. The third-order valence-electron chi connectivity index (χ3n) is 5.39. The fourth-order valence-corrected chi connectivity index (χ4v) is 3.61. The van der Waals surface area contributed by atoms with Crippen molar-refractivity contribution in [3.8, 4) is 5.75 Å². The number of nitrogens with zero attached hydrogens (tertiary/aromatic N) is 2. The number of oxazole rings is 1. The van der Waals surface area contributed by atoms with Gasteiger partial charge in [-0.15, -0.1) is 0 Å². The molecule has 2 aromatic carbocycles. The van der Waals surface area contributed by atoms with Crippen LogP contribution in [0.4, 0.5) is 6.01 Å². The summed E-state index contributed by atoms with van der Waals surface area (Å²) in [4.78, 5) is 19.1. The highest BCUT2D eigenvalue weighted by Gasteiger charge is 2.27.